The lowest BCUT2D eigenvalue weighted by Gasteiger charge is -2.53. The molecule has 3 atom stereocenters. The quantitative estimate of drug-likeness (QED) is 0.611. The summed E-state index contributed by atoms with van der Waals surface area (Å²) < 4.78 is 35.7. The normalized spacial score (nSPS) is 22.7. The van der Waals surface area contributed by atoms with Crippen LogP contribution in [0, 0.1) is 11.8 Å². The van der Waals surface area contributed by atoms with Gasteiger partial charge in [-0.2, -0.15) is 8.78 Å². The summed E-state index contributed by atoms with van der Waals surface area (Å²) in [7, 11) is 0. The third-order valence-corrected chi connectivity index (χ3v) is 6.88. The molecule has 2 aliphatic heterocycles. The number of alkyl halides is 2. The lowest BCUT2D eigenvalue weighted by molar-refractivity contribution is -0.151. The number of nitrogens with two attached hydrogens (primary N) is 1. The molecule has 0 radical (unpaired) electrons. The third kappa shape index (κ3) is 5.43. The molecule has 2 amide bonds. The number of fused-ring (bicyclic) bond motifs is 2. The van der Waals surface area contributed by atoms with Gasteiger partial charge in [-0.3, -0.25) is 4.79 Å². The van der Waals surface area contributed by atoms with Gasteiger partial charge in [0.25, 0.3) is 5.92 Å². The van der Waals surface area contributed by atoms with E-state index in [4.69, 9.17) is 22.1 Å². The molecule has 188 valence electrons. The highest BCUT2D eigenvalue weighted by molar-refractivity contribution is 6.30. The summed E-state index contributed by atoms with van der Waals surface area (Å²) in [5.74, 6) is -4.35. The van der Waals surface area contributed by atoms with Crippen LogP contribution < -0.4 is 11.1 Å². The van der Waals surface area contributed by atoms with Gasteiger partial charge in [-0.1, -0.05) is 48.0 Å². The van der Waals surface area contributed by atoms with Crippen LogP contribution in [0.5, 0.6) is 0 Å². The molecule has 3 N–H and O–H groups in total. The summed E-state index contributed by atoms with van der Waals surface area (Å²) in [5, 5.41) is 3.44. The molecule has 5 rings (SSSR count). The lowest BCUT2D eigenvalue weighted by Crippen LogP contribution is -2.67. The zero-order chi connectivity index (χ0) is 25.5. The molecule has 6 nitrogen and oxygen atoms in total. The van der Waals surface area contributed by atoms with Gasteiger partial charge in [-0.25, -0.2) is 4.79 Å². The molecule has 3 unspecified atom stereocenters. The summed E-state index contributed by atoms with van der Waals surface area (Å²) in [6.45, 7) is 5.88. The van der Waals surface area contributed by atoms with Crippen molar-refractivity contribution in [2.45, 2.75) is 50.8 Å². The van der Waals surface area contributed by atoms with Gasteiger partial charge in [0, 0.05) is 29.7 Å². The fourth-order valence-electron chi connectivity index (χ4n) is 4.81. The number of amides is 2. The predicted octanol–water partition coefficient (Wildman–Crippen LogP) is 4.80. The molecule has 2 aromatic rings. The van der Waals surface area contributed by atoms with Crippen LogP contribution in [-0.2, 0) is 15.5 Å². The molecule has 3 aliphatic rings. The van der Waals surface area contributed by atoms with Crippen molar-refractivity contribution >= 4 is 23.6 Å². The van der Waals surface area contributed by atoms with Crippen LogP contribution in [0.2, 0.25) is 5.02 Å². The average molecular weight is 506 g/mol. The van der Waals surface area contributed by atoms with Crippen molar-refractivity contribution in [1.82, 2.24) is 10.2 Å². The van der Waals surface area contributed by atoms with Gasteiger partial charge in [0.15, 0.2) is 6.04 Å². The highest BCUT2D eigenvalue weighted by atomic mass is 35.5. The minimum atomic E-state index is -3.54. The van der Waals surface area contributed by atoms with E-state index in [0.717, 1.165) is 17.5 Å². The van der Waals surface area contributed by atoms with Crippen LogP contribution in [-0.4, -0.2) is 47.7 Å². The monoisotopic (exact) mass is 505 g/mol. The number of hydrogen-bond acceptors (Lipinski definition) is 4. The van der Waals surface area contributed by atoms with Crippen molar-refractivity contribution in [3.63, 3.8) is 0 Å². The van der Waals surface area contributed by atoms with Crippen molar-refractivity contribution in [3.8, 4) is 11.1 Å². The Morgan fingerprint density at radius 3 is 2.06 bits per heavy atom. The number of nitrogens with one attached hydrogen (secondary N) is 1. The fourth-order valence-corrected chi connectivity index (χ4v) is 4.93. The Labute approximate surface area is 208 Å². The largest absolute Gasteiger partial charge is 0.444 e. The fraction of sp³-hybridized carbons (Fsp3) is 0.462. The van der Waals surface area contributed by atoms with Crippen molar-refractivity contribution in [1.29, 1.82) is 0 Å². The Bertz CT molecular complexity index is 1070. The van der Waals surface area contributed by atoms with Gasteiger partial charge < -0.3 is 20.7 Å². The zero-order valence-electron chi connectivity index (χ0n) is 19.9. The first-order chi connectivity index (χ1) is 16.3. The number of piperidine rings is 2. The molecular weight excluding hydrogens is 476 g/mol. The van der Waals surface area contributed by atoms with Crippen LogP contribution >= 0.6 is 11.6 Å². The van der Waals surface area contributed by atoms with Crippen molar-refractivity contribution in [2.24, 2.45) is 17.6 Å². The van der Waals surface area contributed by atoms with Crippen LogP contribution in [0.25, 0.3) is 11.1 Å². The maximum absolute atomic E-state index is 15.2. The van der Waals surface area contributed by atoms with Gasteiger partial charge >= 0.3 is 6.09 Å². The Morgan fingerprint density at radius 2 is 1.54 bits per heavy atom. The van der Waals surface area contributed by atoms with Crippen molar-refractivity contribution < 1.29 is 23.1 Å². The molecule has 35 heavy (non-hydrogen) atoms. The third-order valence-electron chi connectivity index (χ3n) is 6.63. The first-order valence-electron chi connectivity index (χ1n) is 11.6. The molecule has 2 saturated heterocycles. The summed E-state index contributed by atoms with van der Waals surface area (Å²) >= 11 is 5.90. The molecule has 2 heterocycles. The molecule has 1 aliphatic carbocycles. The van der Waals surface area contributed by atoms with E-state index >= 15 is 8.78 Å². The lowest BCUT2D eigenvalue weighted by atomic mass is 9.66. The minimum Gasteiger partial charge on any atom is -0.444 e. The smallest absolute Gasteiger partial charge is 0.407 e. The van der Waals surface area contributed by atoms with E-state index in [9.17, 15) is 9.59 Å². The van der Waals surface area contributed by atoms with Gasteiger partial charge in [0.05, 0.1) is 0 Å². The maximum Gasteiger partial charge on any atom is 0.407 e. The van der Waals surface area contributed by atoms with Crippen LogP contribution in [0.3, 0.4) is 0 Å². The number of benzene rings is 2. The number of ether oxygens (including phenoxy) is 1. The summed E-state index contributed by atoms with van der Waals surface area (Å²) in [6.07, 6.45) is 0.310. The molecule has 9 heteroatoms. The van der Waals surface area contributed by atoms with E-state index in [1.54, 1.807) is 57.2 Å². The van der Waals surface area contributed by atoms with Crippen molar-refractivity contribution in [2.75, 3.05) is 13.1 Å². The van der Waals surface area contributed by atoms with E-state index < -0.39 is 29.6 Å². The highest BCUT2D eigenvalue weighted by Crippen LogP contribution is 2.41. The molecular formula is C26H30ClF2N3O3. The zero-order valence-corrected chi connectivity index (χ0v) is 20.7. The number of hydrogen-bond donors (Lipinski definition) is 2. The summed E-state index contributed by atoms with van der Waals surface area (Å²) in [4.78, 5) is 26.4. The van der Waals surface area contributed by atoms with E-state index in [1.807, 2.05) is 0 Å². The molecule has 0 aromatic heterocycles. The molecule has 1 saturated carbocycles. The first-order valence-corrected chi connectivity index (χ1v) is 12.0. The Hall–Kier alpha value is -2.71. The van der Waals surface area contributed by atoms with Crippen LogP contribution in [0.4, 0.5) is 13.6 Å². The molecule has 0 spiro atoms. The van der Waals surface area contributed by atoms with Crippen LogP contribution in [0.1, 0.15) is 32.8 Å². The SMILES string of the molecule is CC(C)(C)OC(=O)NC1C2CC1CN(C(=O)C(N)C(F)(F)c1ccc(-c3ccc(Cl)cc3)cc1)C2. The number of carbonyl (C=O) groups excluding carboxylic acids is 2. The van der Waals surface area contributed by atoms with E-state index in [-0.39, 0.29) is 36.5 Å². The van der Waals surface area contributed by atoms with E-state index in [1.165, 1.54) is 17.0 Å². The van der Waals surface area contributed by atoms with E-state index in [0.29, 0.717) is 5.02 Å². The minimum absolute atomic E-state index is 0.00954. The second-order valence-electron chi connectivity index (χ2n) is 10.4. The summed E-state index contributed by atoms with van der Waals surface area (Å²) in [6, 6.07) is 10.7. The maximum atomic E-state index is 15.2. The molecule has 2 bridgehead atoms. The average Bonchev–Trinajstić information content (AvgIpc) is 2.81. The second kappa shape index (κ2) is 9.39. The Kier molecular flexibility index (Phi) is 6.81. The predicted molar refractivity (Wildman–Crippen MR) is 130 cm³/mol. The van der Waals surface area contributed by atoms with Crippen molar-refractivity contribution in [3.05, 3.63) is 59.1 Å². The van der Waals surface area contributed by atoms with Gasteiger partial charge in [-0.15, -0.1) is 0 Å². The number of nitrogens with zero attached hydrogens (tertiary/aromatic N) is 1. The Balaban J connectivity index is 1.38. The molecule has 2 aromatic carbocycles. The highest BCUT2D eigenvalue weighted by Gasteiger charge is 2.52. The Morgan fingerprint density at radius 1 is 1.03 bits per heavy atom. The van der Waals surface area contributed by atoms with Gasteiger partial charge in [-0.05, 0) is 62.3 Å². The number of alkyl carbamates (subject to hydrolysis) is 1. The van der Waals surface area contributed by atoms with E-state index in [2.05, 4.69) is 5.32 Å². The number of halogens is 3. The standard InChI is InChI=1S/C26H30ClF2N3O3/c1-25(2,3)35-24(34)31-21-17-12-18(21)14-32(13-17)23(33)22(30)26(28,29)19-8-4-15(5-9-19)16-6-10-20(27)11-7-16/h4-11,17-18,21-22H,12-14,30H2,1-3H3,(H,31,34). The summed E-state index contributed by atoms with van der Waals surface area (Å²) in [5.41, 5.74) is 6.48. The first kappa shape index (κ1) is 25.4. The van der Waals surface area contributed by atoms with Crippen LogP contribution in [0.15, 0.2) is 48.5 Å². The molecule has 3 fully saturated rings. The topological polar surface area (TPSA) is 84.7 Å². The van der Waals surface area contributed by atoms with Gasteiger partial charge in [0.1, 0.15) is 5.60 Å². The second-order valence-corrected chi connectivity index (χ2v) is 10.8. The van der Waals surface area contributed by atoms with Gasteiger partial charge in [0.2, 0.25) is 5.91 Å². The number of carbonyl (C=O) groups is 2. The number of rotatable bonds is 5.